The Labute approximate surface area is 111 Å². The first-order chi connectivity index (χ1) is 9.33. The Hall–Kier alpha value is -2.07. The molecule has 0 bridgehead atoms. The molecule has 4 nitrogen and oxygen atoms in total. The topological polar surface area (TPSA) is 45.1 Å². The maximum absolute atomic E-state index is 6.01. The van der Waals surface area contributed by atoms with E-state index < -0.39 is 0 Å². The number of H-pyrrole nitrogens is 1. The molecule has 4 heteroatoms. The molecule has 0 saturated heterocycles. The molecule has 1 aliphatic rings. The van der Waals surface area contributed by atoms with E-state index in [1.807, 2.05) is 18.2 Å². The van der Waals surface area contributed by atoms with Crippen LogP contribution in [0.3, 0.4) is 0 Å². The van der Waals surface area contributed by atoms with Gasteiger partial charge in [-0.15, -0.1) is 0 Å². The number of para-hydroxylation sites is 1. The maximum atomic E-state index is 6.01. The summed E-state index contributed by atoms with van der Waals surface area (Å²) in [5.41, 5.74) is 3.25. The fourth-order valence-corrected chi connectivity index (χ4v) is 2.88. The summed E-state index contributed by atoms with van der Waals surface area (Å²) in [6.07, 6.45) is 2.79. The summed E-state index contributed by atoms with van der Waals surface area (Å²) in [5.74, 6) is 0.969. The number of fused-ring (bicyclic) bond motifs is 2. The van der Waals surface area contributed by atoms with Crippen molar-refractivity contribution in [2.24, 2.45) is 0 Å². The van der Waals surface area contributed by atoms with E-state index in [0.29, 0.717) is 0 Å². The average Bonchev–Trinajstić information content (AvgIpc) is 3.03. The number of imidazole rings is 1. The first-order valence-corrected chi connectivity index (χ1v) is 6.54. The summed E-state index contributed by atoms with van der Waals surface area (Å²) in [4.78, 5) is 10.0. The van der Waals surface area contributed by atoms with Gasteiger partial charge in [0.15, 0.2) is 0 Å². The van der Waals surface area contributed by atoms with Crippen LogP contribution >= 0.6 is 0 Å². The van der Waals surface area contributed by atoms with Crippen LogP contribution < -0.4 is 0 Å². The molecule has 1 atom stereocenters. The van der Waals surface area contributed by atoms with Crippen molar-refractivity contribution in [1.82, 2.24) is 14.9 Å². The number of hydrogen-bond acceptors (Lipinski definition) is 3. The van der Waals surface area contributed by atoms with E-state index in [0.717, 1.165) is 35.4 Å². The van der Waals surface area contributed by atoms with Crippen LogP contribution in [0, 0.1) is 0 Å². The number of nitrogens with zero attached hydrogens (tertiary/aromatic N) is 2. The minimum absolute atomic E-state index is 0.113. The highest BCUT2D eigenvalue weighted by molar-refractivity contribution is 5.77. The van der Waals surface area contributed by atoms with Crippen LogP contribution in [-0.2, 0) is 6.42 Å². The molecule has 0 fully saturated rings. The Morgan fingerprint density at radius 1 is 1.37 bits per heavy atom. The van der Waals surface area contributed by atoms with Crippen molar-refractivity contribution in [3.63, 3.8) is 0 Å². The first-order valence-electron chi connectivity index (χ1n) is 6.54. The van der Waals surface area contributed by atoms with Crippen molar-refractivity contribution in [3.8, 4) is 0 Å². The molecule has 0 spiro atoms. The van der Waals surface area contributed by atoms with E-state index in [9.17, 15) is 0 Å². The van der Waals surface area contributed by atoms with Crippen LogP contribution in [0.1, 0.15) is 23.2 Å². The van der Waals surface area contributed by atoms with E-state index in [-0.39, 0.29) is 6.04 Å². The van der Waals surface area contributed by atoms with Crippen LogP contribution in [0.25, 0.3) is 11.0 Å². The van der Waals surface area contributed by atoms with Gasteiger partial charge in [-0.2, -0.15) is 0 Å². The molecule has 0 amide bonds. The summed E-state index contributed by atoms with van der Waals surface area (Å²) in [6.45, 7) is 1.01. The molecule has 1 aromatic carbocycles. The smallest absolute Gasteiger partial charge is 0.134 e. The average molecular weight is 253 g/mol. The largest absolute Gasteiger partial charge is 0.459 e. The van der Waals surface area contributed by atoms with Gasteiger partial charge in [0.1, 0.15) is 17.4 Å². The van der Waals surface area contributed by atoms with Gasteiger partial charge >= 0.3 is 0 Å². The highest BCUT2D eigenvalue weighted by Crippen LogP contribution is 2.34. The Balaban J connectivity index is 1.87. The molecule has 1 aliphatic heterocycles. The second-order valence-corrected chi connectivity index (χ2v) is 5.09. The Morgan fingerprint density at radius 3 is 3.16 bits per heavy atom. The molecule has 19 heavy (non-hydrogen) atoms. The van der Waals surface area contributed by atoms with Gasteiger partial charge in [0, 0.05) is 24.0 Å². The van der Waals surface area contributed by atoms with Crippen molar-refractivity contribution in [2.45, 2.75) is 12.5 Å². The third-order valence-corrected chi connectivity index (χ3v) is 3.88. The fraction of sp³-hybridized carbons (Fsp3) is 0.267. The summed E-state index contributed by atoms with van der Waals surface area (Å²) in [7, 11) is 2.12. The SMILES string of the molecule is CN1CCc2[nH]cnc2C1c1cc2ccccc2o1. The van der Waals surface area contributed by atoms with Gasteiger partial charge in [0.25, 0.3) is 0 Å². The molecule has 1 N–H and O–H groups in total. The number of aromatic amines is 1. The molecule has 2 aromatic heterocycles. The monoisotopic (exact) mass is 253 g/mol. The van der Waals surface area contributed by atoms with E-state index in [1.165, 1.54) is 5.69 Å². The van der Waals surface area contributed by atoms with Crippen LogP contribution in [-0.4, -0.2) is 28.5 Å². The summed E-state index contributed by atoms with van der Waals surface area (Å²) in [6, 6.07) is 10.4. The van der Waals surface area contributed by atoms with Gasteiger partial charge < -0.3 is 9.40 Å². The zero-order valence-corrected chi connectivity index (χ0v) is 10.8. The van der Waals surface area contributed by atoms with Crippen molar-refractivity contribution in [1.29, 1.82) is 0 Å². The Bertz CT molecular complexity index is 695. The van der Waals surface area contributed by atoms with Crippen molar-refractivity contribution in [2.75, 3.05) is 13.6 Å². The molecule has 3 aromatic rings. The van der Waals surface area contributed by atoms with Crippen molar-refractivity contribution >= 4 is 11.0 Å². The van der Waals surface area contributed by atoms with Crippen LogP contribution in [0.5, 0.6) is 0 Å². The summed E-state index contributed by atoms with van der Waals surface area (Å²) in [5, 5.41) is 1.15. The first kappa shape index (κ1) is 10.8. The number of likely N-dealkylation sites (N-methyl/N-ethyl adjacent to an activating group) is 1. The fourth-order valence-electron chi connectivity index (χ4n) is 2.88. The quantitative estimate of drug-likeness (QED) is 0.725. The molecule has 96 valence electrons. The highest BCUT2D eigenvalue weighted by Gasteiger charge is 2.30. The number of benzene rings is 1. The normalized spacial score (nSPS) is 19.7. The number of furan rings is 1. The van der Waals surface area contributed by atoms with Crippen LogP contribution in [0.2, 0.25) is 0 Å². The molecular weight excluding hydrogens is 238 g/mol. The van der Waals surface area contributed by atoms with Gasteiger partial charge in [-0.3, -0.25) is 4.90 Å². The highest BCUT2D eigenvalue weighted by atomic mass is 16.3. The molecule has 0 saturated carbocycles. The third-order valence-electron chi connectivity index (χ3n) is 3.88. The minimum Gasteiger partial charge on any atom is -0.459 e. The van der Waals surface area contributed by atoms with Crippen LogP contribution in [0.4, 0.5) is 0 Å². The second-order valence-electron chi connectivity index (χ2n) is 5.09. The van der Waals surface area contributed by atoms with E-state index in [2.05, 4.69) is 34.0 Å². The minimum atomic E-state index is 0.113. The van der Waals surface area contributed by atoms with E-state index >= 15 is 0 Å². The molecule has 1 unspecified atom stereocenters. The molecule has 0 aliphatic carbocycles. The lowest BCUT2D eigenvalue weighted by Gasteiger charge is -2.29. The van der Waals surface area contributed by atoms with E-state index in [1.54, 1.807) is 6.33 Å². The third kappa shape index (κ3) is 1.60. The molecule has 3 heterocycles. The standard InChI is InChI=1S/C15H15N3O/c1-18-7-6-11-14(17-9-16-11)15(18)13-8-10-4-2-3-5-12(10)19-13/h2-5,8-9,15H,6-7H2,1H3,(H,16,17). The van der Waals surface area contributed by atoms with Crippen LogP contribution in [0.15, 0.2) is 41.1 Å². The zero-order chi connectivity index (χ0) is 12.8. The van der Waals surface area contributed by atoms with Crippen molar-refractivity contribution < 1.29 is 4.42 Å². The lowest BCUT2D eigenvalue weighted by molar-refractivity contribution is 0.233. The zero-order valence-electron chi connectivity index (χ0n) is 10.8. The predicted molar refractivity (Wildman–Crippen MR) is 73.0 cm³/mol. The Morgan fingerprint density at radius 2 is 2.26 bits per heavy atom. The van der Waals surface area contributed by atoms with Gasteiger partial charge in [-0.05, 0) is 19.2 Å². The van der Waals surface area contributed by atoms with Gasteiger partial charge in [-0.1, -0.05) is 18.2 Å². The lowest BCUT2D eigenvalue weighted by Crippen LogP contribution is -2.32. The molecular formula is C15H15N3O. The molecule has 0 radical (unpaired) electrons. The van der Waals surface area contributed by atoms with Gasteiger partial charge in [0.2, 0.25) is 0 Å². The number of aromatic nitrogens is 2. The molecule has 4 rings (SSSR count). The van der Waals surface area contributed by atoms with Gasteiger partial charge in [-0.25, -0.2) is 4.98 Å². The summed E-state index contributed by atoms with van der Waals surface area (Å²) >= 11 is 0. The number of hydrogen-bond donors (Lipinski definition) is 1. The lowest BCUT2D eigenvalue weighted by atomic mass is 10.0. The second kappa shape index (κ2) is 3.96. The summed E-state index contributed by atoms with van der Waals surface area (Å²) < 4.78 is 6.01. The maximum Gasteiger partial charge on any atom is 0.134 e. The predicted octanol–water partition coefficient (Wildman–Crippen LogP) is 2.73. The number of rotatable bonds is 1. The van der Waals surface area contributed by atoms with E-state index in [4.69, 9.17) is 4.42 Å². The Kier molecular flexibility index (Phi) is 2.26. The van der Waals surface area contributed by atoms with Gasteiger partial charge in [0.05, 0.1) is 12.0 Å². The number of nitrogens with one attached hydrogen (secondary N) is 1. The van der Waals surface area contributed by atoms with Crippen molar-refractivity contribution in [3.05, 3.63) is 53.8 Å².